The molecule has 234 valence electrons. The average molecular weight is 594 g/mol. The number of phenols is 1. The van der Waals surface area contributed by atoms with Crippen LogP contribution in [0.5, 0.6) is 5.75 Å². The lowest BCUT2D eigenvalue weighted by Gasteiger charge is -2.44. The van der Waals surface area contributed by atoms with Crippen LogP contribution in [0.3, 0.4) is 0 Å². The van der Waals surface area contributed by atoms with Crippen molar-refractivity contribution < 1.29 is 34.3 Å². The molecule has 4 atom stereocenters. The lowest BCUT2D eigenvalue weighted by molar-refractivity contribution is -0.141. The summed E-state index contributed by atoms with van der Waals surface area (Å²) >= 11 is 0. The van der Waals surface area contributed by atoms with Crippen LogP contribution in [0.15, 0.2) is 28.9 Å². The van der Waals surface area contributed by atoms with E-state index in [9.17, 15) is 24.5 Å². The number of fused-ring (bicyclic) bond motifs is 3. The number of rotatable bonds is 13. The van der Waals surface area contributed by atoms with Gasteiger partial charge in [0.05, 0.1) is 17.9 Å². The number of carboxylic acids is 1. The largest absolute Gasteiger partial charge is 0.507 e. The number of carbonyl (C=O) groups excluding carboxylic acids is 2. The summed E-state index contributed by atoms with van der Waals surface area (Å²) in [6, 6.07) is 3.99. The number of aromatic hydroxyl groups is 1. The standard InChI is InChI=1S/C34H48BNO7/c1-6-10-23(17-24-15-21(4)32(39)22(5)16-24)12-13-28-30-25(20(2)3)18-26-31(27(30)19-35(42)43-28)34(41)36(33(26)40)14-9-7-8-11-29(37)38/h15-17,20,26-28,31,39,42H,6-14,18-19H2,1-5H3,(H,37,38)/b23-17+/t26-,27+,28-,31-/m1/s1. The number of hydrogen-bond acceptors (Lipinski definition) is 6. The van der Waals surface area contributed by atoms with Gasteiger partial charge >= 0.3 is 13.1 Å². The van der Waals surface area contributed by atoms with Crippen molar-refractivity contribution in [3.8, 4) is 5.75 Å². The van der Waals surface area contributed by atoms with Crippen LogP contribution in [0.1, 0.15) is 95.2 Å². The van der Waals surface area contributed by atoms with Gasteiger partial charge < -0.3 is 19.9 Å². The number of imide groups is 1. The highest BCUT2D eigenvalue weighted by Crippen LogP contribution is 2.52. The molecule has 9 heteroatoms. The highest BCUT2D eigenvalue weighted by molar-refractivity contribution is 6.43. The zero-order valence-electron chi connectivity index (χ0n) is 26.4. The maximum Gasteiger partial charge on any atom is 0.455 e. The molecule has 4 rings (SSSR count). The summed E-state index contributed by atoms with van der Waals surface area (Å²) in [7, 11) is -1.00. The van der Waals surface area contributed by atoms with Crippen LogP contribution >= 0.6 is 0 Å². The van der Waals surface area contributed by atoms with Gasteiger partial charge in [-0.05, 0) is 105 Å². The molecule has 3 N–H and O–H groups in total. The molecule has 2 saturated heterocycles. The van der Waals surface area contributed by atoms with Crippen LogP contribution < -0.4 is 0 Å². The fourth-order valence-corrected chi connectivity index (χ4v) is 7.47. The number of unbranched alkanes of at least 4 members (excludes halogenated alkanes) is 2. The van der Waals surface area contributed by atoms with Gasteiger partial charge in [0.1, 0.15) is 5.75 Å². The van der Waals surface area contributed by atoms with E-state index in [-0.39, 0.29) is 36.2 Å². The molecule has 2 aliphatic heterocycles. The molecule has 8 nitrogen and oxygen atoms in total. The van der Waals surface area contributed by atoms with Crippen molar-refractivity contribution >= 4 is 31.0 Å². The molecule has 1 aromatic rings. The van der Waals surface area contributed by atoms with Gasteiger partial charge in [0, 0.05) is 13.0 Å². The van der Waals surface area contributed by atoms with Crippen molar-refractivity contribution in [2.45, 2.75) is 105 Å². The van der Waals surface area contributed by atoms with Crippen LogP contribution in [-0.4, -0.2) is 57.7 Å². The Balaban J connectivity index is 1.56. The fraction of sp³-hybridized carbons (Fsp3) is 0.618. The van der Waals surface area contributed by atoms with E-state index in [1.165, 1.54) is 16.0 Å². The number of likely N-dealkylation sites (tertiary alicyclic amines) is 1. The Hall–Kier alpha value is -2.91. The quantitative estimate of drug-likeness (QED) is 0.110. The number of hydrogen-bond donors (Lipinski definition) is 3. The van der Waals surface area contributed by atoms with E-state index in [4.69, 9.17) is 9.76 Å². The minimum atomic E-state index is -1.00. The first kappa shape index (κ1) is 33.0. The van der Waals surface area contributed by atoms with Gasteiger partial charge in [0.15, 0.2) is 0 Å². The number of allylic oxidation sites excluding steroid dienone is 2. The highest BCUT2D eigenvalue weighted by atomic mass is 16.5. The SMILES string of the molecule is CCC/C(=C\c1cc(C)c(O)c(C)c1)CC[C@H]1OB(O)C[C@H]2C1=C(C(C)C)C[C@H]1C(=O)N(CCCCCC(=O)O)C(=O)[C@H]12. The maximum absolute atomic E-state index is 13.7. The van der Waals surface area contributed by atoms with Gasteiger partial charge in [-0.1, -0.05) is 50.8 Å². The van der Waals surface area contributed by atoms with Crippen LogP contribution in [-0.2, 0) is 19.0 Å². The van der Waals surface area contributed by atoms with Gasteiger partial charge in [0.25, 0.3) is 0 Å². The predicted molar refractivity (Wildman–Crippen MR) is 167 cm³/mol. The molecule has 2 fully saturated rings. The summed E-state index contributed by atoms with van der Waals surface area (Å²) in [6.07, 6.45) is 7.92. The Morgan fingerprint density at radius 1 is 1.07 bits per heavy atom. The predicted octanol–water partition coefficient (Wildman–Crippen LogP) is 6.07. The summed E-state index contributed by atoms with van der Waals surface area (Å²) < 4.78 is 6.20. The number of carbonyl (C=O) groups is 3. The third kappa shape index (κ3) is 7.43. The molecule has 3 aliphatic rings. The van der Waals surface area contributed by atoms with Gasteiger partial charge in [-0.25, -0.2) is 0 Å². The van der Waals surface area contributed by atoms with E-state index >= 15 is 0 Å². The van der Waals surface area contributed by atoms with E-state index in [0.29, 0.717) is 50.7 Å². The number of benzene rings is 1. The van der Waals surface area contributed by atoms with E-state index < -0.39 is 24.9 Å². The number of carboxylic acid groups (broad SMARTS) is 1. The number of aliphatic carboxylic acids is 1. The minimum Gasteiger partial charge on any atom is -0.507 e. The van der Waals surface area contributed by atoms with Crippen molar-refractivity contribution in [2.24, 2.45) is 23.7 Å². The van der Waals surface area contributed by atoms with Crippen molar-refractivity contribution in [1.82, 2.24) is 4.90 Å². The summed E-state index contributed by atoms with van der Waals surface area (Å²) in [6.45, 7) is 10.5. The fourth-order valence-electron chi connectivity index (χ4n) is 7.47. The van der Waals surface area contributed by atoms with Crippen molar-refractivity contribution in [3.63, 3.8) is 0 Å². The van der Waals surface area contributed by atoms with Crippen LogP contribution in [0, 0.1) is 37.5 Å². The van der Waals surface area contributed by atoms with Crippen molar-refractivity contribution in [2.75, 3.05) is 6.54 Å². The number of nitrogens with zero attached hydrogens (tertiary/aromatic N) is 1. The monoisotopic (exact) mass is 593 g/mol. The van der Waals surface area contributed by atoms with Crippen LogP contribution in [0.25, 0.3) is 6.08 Å². The summed E-state index contributed by atoms with van der Waals surface area (Å²) in [5.41, 5.74) is 6.30. The van der Waals surface area contributed by atoms with E-state index in [1.807, 2.05) is 26.0 Å². The normalized spacial score (nSPS) is 24.2. The topological polar surface area (TPSA) is 124 Å². The smallest absolute Gasteiger partial charge is 0.455 e. The first-order valence-corrected chi connectivity index (χ1v) is 16.1. The molecule has 1 aliphatic carbocycles. The van der Waals surface area contributed by atoms with Gasteiger partial charge in [-0.2, -0.15) is 0 Å². The second-order valence-corrected chi connectivity index (χ2v) is 13.0. The Morgan fingerprint density at radius 2 is 1.77 bits per heavy atom. The van der Waals surface area contributed by atoms with Gasteiger partial charge in [-0.15, -0.1) is 0 Å². The van der Waals surface area contributed by atoms with Crippen molar-refractivity contribution in [1.29, 1.82) is 0 Å². The Morgan fingerprint density at radius 3 is 2.40 bits per heavy atom. The van der Waals surface area contributed by atoms with E-state index in [1.54, 1.807) is 0 Å². The van der Waals surface area contributed by atoms with Gasteiger partial charge in [-0.3, -0.25) is 19.3 Å². The van der Waals surface area contributed by atoms with E-state index in [2.05, 4.69) is 26.8 Å². The summed E-state index contributed by atoms with van der Waals surface area (Å²) in [4.78, 5) is 39.5. The summed E-state index contributed by atoms with van der Waals surface area (Å²) in [5.74, 6) is -1.76. The molecule has 0 bridgehead atoms. The van der Waals surface area contributed by atoms with Crippen molar-refractivity contribution in [3.05, 3.63) is 45.5 Å². The minimum absolute atomic E-state index is 0.0862. The lowest BCUT2D eigenvalue weighted by atomic mass is 9.57. The first-order chi connectivity index (χ1) is 20.4. The third-order valence-electron chi connectivity index (χ3n) is 9.49. The number of phenolic OH excluding ortho intramolecular Hbond substituents is 1. The lowest BCUT2D eigenvalue weighted by Crippen LogP contribution is -2.46. The molecule has 0 spiro atoms. The molecule has 0 saturated carbocycles. The maximum atomic E-state index is 13.7. The van der Waals surface area contributed by atoms with Gasteiger partial charge in [0.2, 0.25) is 11.8 Å². The first-order valence-electron chi connectivity index (χ1n) is 16.1. The highest BCUT2D eigenvalue weighted by Gasteiger charge is 2.57. The van der Waals surface area contributed by atoms with Crippen LogP contribution in [0.2, 0.25) is 6.32 Å². The van der Waals surface area contributed by atoms with Crippen LogP contribution in [0.4, 0.5) is 0 Å². The zero-order valence-corrected chi connectivity index (χ0v) is 26.4. The number of aryl methyl sites for hydroxylation is 2. The molecule has 2 amide bonds. The Kier molecular flexibility index (Phi) is 10.9. The Labute approximate surface area is 256 Å². The zero-order chi connectivity index (χ0) is 31.4. The second kappa shape index (κ2) is 14.3. The molecule has 1 aromatic carbocycles. The molecule has 0 aromatic heterocycles. The molecular formula is C34H48BNO7. The average Bonchev–Trinajstić information content (AvgIpc) is 3.18. The molecule has 0 unspecified atom stereocenters. The summed E-state index contributed by atoms with van der Waals surface area (Å²) in [5, 5.41) is 30.0. The molecule has 43 heavy (non-hydrogen) atoms. The number of amides is 2. The molecular weight excluding hydrogens is 545 g/mol. The molecule has 2 heterocycles. The third-order valence-corrected chi connectivity index (χ3v) is 9.49. The molecule has 0 radical (unpaired) electrons. The second-order valence-electron chi connectivity index (χ2n) is 13.0. The Bertz CT molecular complexity index is 1260. The van der Waals surface area contributed by atoms with E-state index in [0.717, 1.165) is 41.5 Å².